The summed E-state index contributed by atoms with van der Waals surface area (Å²) in [6.45, 7) is 3.21. The Balaban J connectivity index is 1.75. The molecule has 0 radical (unpaired) electrons. The Labute approximate surface area is 170 Å². The van der Waals surface area contributed by atoms with Gasteiger partial charge in [0.2, 0.25) is 11.8 Å². The summed E-state index contributed by atoms with van der Waals surface area (Å²) >= 11 is 0. The Morgan fingerprint density at radius 3 is 2.43 bits per heavy atom. The van der Waals surface area contributed by atoms with E-state index in [4.69, 9.17) is 19.9 Å². The van der Waals surface area contributed by atoms with Gasteiger partial charge in [0, 0.05) is 38.2 Å². The second-order valence-corrected chi connectivity index (χ2v) is 6.91. The molecule has 2 aromatic heterocycles. The maximum Gasteiger partial charge on any atom is 0.434 e. The number of morpholine rings is 1. The van der Waals surface area contributed by atoms with Gasteiger partial charge in [-0.2, -0.15) is 18.2 Å². The van der Waals surface area contributed by atoms with E-state index in [-0.39, 0.29) is 23.4 Å². The largest absolute Gasteiger partial charge is 0.474 e. The summed E-state index contributed by atoms with van der Waals surface area (Å²) in [4.78, 5) is 17.6. The lowest BCUT2D eigenvalue weighted by Gasteiger charge is -2.29. The molecule has 2 aliphatic rings. The van der Waals surface area contributed by atoms with E-state index in [9.17, 15) is 13.2 Å². The van der Waals surface area contributed by atoms with Crippen LogP contribution in [0.5, 0.6) is 5.88 Å². The van der Waals surface area contributed by atoms with Crippen molar-refractivity contribution in [2.45, 2.75) is 25.1 Å². The third-order valence-electron chi connectivity index (χ3n) is 4.80. The van der Waals surface area contributed by atoms with Gasteiger partial charge in [-0.15, -0.1) is 0 Å². The Bertz CT molecular complexity index is 886. The standard InChI is InChI=1S/C18H21F3N6O3/c19-18(20,21)15-12(10-23-17(22)26-15)16-24-13(27-3-7-29-8-4-27)9-14(25-16)30-11-1-5-28-6-2-11/h9-11H,1-8H2,(H2,22,23,26). The monoisotopic (exact) mass is 426 g/mol. The molecule has 0 saturated carbocycles. The summed E-state index contributed by atoms with van der Waals surface area (Å²) < 4.78 is 57.3. The van der Waals surface area contributed by atoms with Gasteiger partial charge in [0.25, 0.3) is 0 Å². The highest BCUT2D eigenvalue weighted by Crippen LogP contribution is 2.36. The molecule has 162 valence electrons. The maximum atomic E-state index is 13.6. The summed E-state index contributed by atoms with van der Waals surface area (Å²) in [5.74, 6) is -0.00360. The van der Waals surface area contributed by atoms with Gasteiger partial charge in [-0.3, -0.25) is 0 Å². The highest BCUT2D eigenvalue weighted by molar-refractivity contribution is 5.62. The van der Waals surface area contributed by atoms with Crippen LogP contribution in [0.25, 0.3) is 11.4 Å². The van der Waals surface area contributed by atoms with Gasteiger partial charge in [0.1, 0.15) is 11.9 Å². The van der Waals surface area contributed by atoms with Crippen LogP contribution in [0.2, 0.25) is 0 Å². The first-order valence-corrected chi connectivity index (χ1v) is 9.56. The highest BCUT2D eigenvalue weighted by atomic mass is 19.4. The Kier molecular flexibility index (Phi) is 5.86. The molecule has 12 heteroatoms. The van der Waals surface area contributed by atoms with E-state index in [1.807, 2.05) is 4.90 Å². The lowest BCUT2D eigenvalue weighted by atomic mass is 10.1. The fourth-order valence-corrected chi connectivity index (χ4v) is 3.29. The predicted octanol–water partition coefficient (Wildman–Crippen LogP) is 1.93. The van der Waals surface area contributed by atoms with E-state index in [0.717, 1.165) is 6.20 Å². The third kappa shape index (κ3) is 4.70. The first kappa shape index (κ1) is 20.5. The number of hydrogen-bond donors (Lipinski definition) is 1. The number of nitrogen functional groups attached to an aromatic ring is 1. The summed E-state index contributed by atoms with van der Waals surface area (Å²) in [6, 6.07) is 1.63. The number of halogens is 3. The number of alkyl halides is 3. The minimum atomic E-state index is -4.74. The molecule has 0 aromatic carbocycles. The summed E-state index contributed by atoms with van der Waals surface area (Å²) in [5, 5.41) is 0. The number of rotatable bonds is 4. The molecule has 0 aliphatic carbocycles. The topological polar surface area (TPSA) is 109 Å². The first-order valence-electron chi connectivity index (χ1n) is 9.56. The van der Waals surface area contributed by atoms with Crippen molar-refractivity contribution in [3.05, 3.63) is 18.0 Å². The van der Waals surface area contributed by atoms with Gasteiger partial charge >= 0.3 is 6.18 Å². The molecular weight excluding hydrogens is 405 g/mol. The molecular formula is C18H21F3N6O3. The van der Waals surface area contributed by atoms with Crippen LogP contribution in [0.15, 0.2) is 12.3 Å². The first-order chi connectivity index (χ1) is 14.4. The molecule has 2 aliphatic heterocycles. The van der Waals surface area contributed by atoms with E-state index in [0.29, 0.717) is 58.2 Å². The van der Waals surface area contributed by atoms with Crippen molar-refractivity contribution in [1.29, 1.82) is 0 Å². The quantitative estimate of drug-likeness (QED) is 0.784. The van der Waals surface area contributed by atoms with Crippen LogP contribution in [-0.2, 0) is 15.7 Å². The molecule has 2 aromatic rings. The number of anilines is 2. The van der Waals surface area contributed by atoms with Crippen LogP contribution in [-0.4, -0.2) is 65.6 Å². The average molecular weight is 426 g/mol. The molecule has 0 amide bonds. The SMILES string of the molecule is Nc1ncc(-c2nc(OC3CCOCC3)cc(N3CCOCC3)n2)c(C(F)(F)F)n1. The zero-order chi connectivity index (χ0) is 21.1. The van der Waals surface area contributed by atoms with Gasteiger partial charge < -0.3 is 24.8 Å². The number of aromatic nitrogens is 4. The van der Waals surface area contributed by atoms with Gasteiger partial charge in [-0.25, -0.2) is 15.0 Å². The lowest BCUT2D eigenvalue weighted by molar-refractivity contribution is -0.140. The third-order valence-corrected chi connectivity index (χ3v) is 4.80. The molecule has 0 spiro atoms. The number of hydrogen-bond acceptors (Lipinski definition) is 9. The van der Waals surface area contributed by atoms with Gasteiger partial charge in [-0.05, 0) is 0 Å². The fraction of sp³-hybridized carbons (Fsp3) is 0.556. The fourth-order valence-electron chi connectivity index (χ4n) is 3.29. The van der Waals surface area contributed by atoms with Crippen LogP contribution >= 0.6 is 0 Å². The summed E-state index contributed by atoms with van der Waals surface area (Å²) in [7, 11) is 0. The van der Waals surface area contributed by atoms with E-state index in [2.05, 4.69) is 19.9 Å². The zero-order valence-corrected chi connectivity index (χ0v) is 16.1. The Morgan fingerprint density at radius 2 is 1.73 bits per heavy atom. The van der Waals surface area contributed by atoms with E-state index >= 15 is 0 Å². The van der Waals surface area contributed by atoms with Crippen molar-refractivity contribution in [2.24, 2.45) is 0 Å². The molecule has 0 atom stereocenters. The van der Waals surface area contributed by atoms with Crippen molar-refractivity contribution in [3.8, 4) is 17.3 Å². The second-order valence-electron chi connectivity index (χ2n) is 6.91. The van der Waals surface area contributed by atoms with Gasteiger partial charge in [0.15, 0.2) is 11.5 Å². The van der Waals surface area contributed by atoms with E-state index < -0.39 is 17.8 Å². The number of ether oxygens (including phenoxy) is 3. The zero-order valence-electron chi connectivity index (χ0n) is 16.1. The minimum absolute atomic E-state index is 0.135. The van der Waals surface area contributed by atoms with Gasteiger partial charge in [0.05, 0.1) is 32.0 Å². The van der Waals surface area contributed by atoms with Crippen LogP contribution in [0, 0.1) is 0 Å². The number of nitrogens with zero attached hydrogens (tertiary/aromatic N) is 5. The smallest absolute Gasteiger partial charge is 0.434 e. The van der Waals surface area contributed by atoms with Crippen LogP contribution in [0.1, 0.15) is 18.5 Å². The van der Waals surface area contributed by atoms with Crippen LogP contribution in [0.3, 0.4) is 0 Å². The van der Waals surface area contributed by atoms with Crippen LogP contribution in [0.4, 0.5) is 24.9 Å². The van der Waals surface area contributed by atoms with Crippen molar-refractivity contribution >= 4 is 11.8 Å². The minimum Gasteiger partial charge on any atom is -0.474 e. The molecule has 4 heterocycles. The molecule has 30 heavy (non-hydrogen) atoms. The summed E-state index contributed by atoms with van der Waals surface area (Å²) in [6.07, 6.45) is -2.55. The Hall–Kier alpha value is -2.73. The molecule has 4 rings (SSSR count). The average Bonchev–Trinajstić information content (AvgIpc) is 2.74. The van der Waals surface area contributed by atoms with Crippen LogP contribution < -0.4 is 15.4 Å². The molecule has 0 unspecified atom stereocenters. The molecule has 0 bridgehead atoms. The molecule has 9 nitrogen and oxygen atoms in total. The predicted molar refractivity (Wildman–Crippen MR) is 100.0 cm³/mol. The lowest BCUT2D eigenvalue weighted by Crippen LogP contribution is -2.37. The van der Waals surface area contributed by atoms with E-state index in [1.165, 1.54) is 0 Å². The maximum absolute atomic E-state index is 13.6. The highest BCUT2D eigenvalue weighted by Gasteiger charge is 2.37. The molecule has 2 saturated heterocycles. The normalized spacial score (nSPS) is 18.4. The molecule has 2 N–H and O–H groups in total. The van der Waals surface area contributed by atoms with E-state index in [1.54, 1.807) is 6.07 Å². The summed E-state index contributed by atoms with van der Waals surface area (Å²) in [5.41, 5.74) is 3.83. The van der Waals surface area contributed by atoms with Crippen molar-refractivity contribution < 1.29 is 27.4 Å². The van der Waals surface area contributed by atoms with Crippen molar-refractivity contribution in [1.82, 2.24) is 19.9 Å². The van der Waals surface area contributed by atoms with Crippen molar-refractivity contribution in [3.63, 3.8) is 0 Å². The Morgan fingerprint density at radius 1 is 1.03 bits per heavy atom. The van der Waals surface area contributed by atoms with Gasteiger partial charge in [-0.1, -0.05) is 0 Å². The number of nitrogens with two attached hydrogens (primary N) is 1. The van der Waals surface area contributed by atoms with Crippen molar-refractivity contribution in [2.75, 3.05) is 50.2 Å². The molecule has 2 fully saturated rings. The second kappa shape index (κ2) is 8.56.